The molecule has 0 aliphatic heterocycles. The largest absolute Gasteiger partial charge is 0.508 e. The summed E-state index contributed by atoms with van der Waals surface area (Å²) in [4.78, 5) is 16.0. The Bertz CT molecular complexity index is 1070. The van der Waals surface area contributed by atoms with Gasteiger partial charge in [0.2, 0.25) is 5.91 Å². The summed E-state index contributed by atoms with van der Waals surface area (Å²) < 4.78 is 39.7. The van der Waals surface area contributed by atoms with Crippen LogP contribution in [0, 0.1) is 5.82 Å². The van der Waals surface area contributed by atoms with Crippen molar-refractivity contribution in [3.8, 4) is 5.75 Å². The SMILES string of the molecule is O=C(Cc1csc(NS(=O)(=O)c2ccc(F)cc2)n1)Nc1cccc(O)c1. The first kappa shape index (κ1) is 18.8. The Morgan fingerprint density at radius 2 is 1.93 bits per heavy atom. The molecule has 0 bridgehead atoms. The van der Waals surface area contributed by atoms with Crippen molar-refractivity contribution in [3.63, 3.8) is 0 Å². The third-order valence-electron chi connectivity index (χ3n) is 3.37. The van der Waals surface area contributed by atoms with Crippen LogP contribution >= 0.6 is 11.3 Å². The maximum atomic E-state index is 12.9. The lowest BCUT2D eigenvalue weighted by Crippen LogP contribution is -2.15. The molecule has 0 radical (unpaired) electrons. The highest BCUT2D eigenvalue weighted by Crippen LogP contribution is 2.21. The fourth-order valence-electron chi connectivity index (χ4n) is 2.18. The predicted octanol–water partition coefficient (Wildman–Crippen LogP) is 2.97. The summed E-state index contributed by atoms with van der Waals surface area (Å²) in [5, 5.41) is 13.7. The normalized spacial score (nSPS) is 11.1. The number of anilines is 2. The summed E-state index contributed by atoms with van der Waals surface area (Å²) in [6.07, 6.45) is -0.0650. The number of sulfonamides is 1. The molecule has 0 spiro atoms. The van der Waals surface area contributed by atoms with Crippen LogP contribution in [-0.4, -0.2) is 24.4 Å². The molecule has 7 nitrogen and oxygen atoms in total. The second-order valence-corrected chi connectivity index (χ2v) is 8.02. The molecule has 1 heterocycles. The molecule has 0 aliphatic rings. The van der Waals surface area contributed by atoms with Gasteiger partial charge >= 0.3 is 0 Å². The first-order chi connectivity index (χ1) is 12.8. The number of halogens is 1. The van der Waals surface area contributed by atoms with Crippen molar-refractivity contribution in [1.82, 2.24) is 4.98 Å². The molecule has 27 heavy (non-hydrogen) atoms. The van der Waals surface area contributed by atoms with Crippen molar-refractivity contribution in [3.05, 3.63) is 65.4 Å². The molecule has 0 saturated heterocycles. The van der Waals surface area contributed by atoms with Gasteiger partial charge in [-0.2, -0.15) is 0 Å². The zero-order valence-corrected chi connectivity index (χ0v) is 15.3. The Balaban J connectivity index is 1.64. The molecule has 3 N–H and O–H groups in total. The van der Waals surface area contributed by atoms with Crippen LogP contribution < -0.4 is 10.0 Å². The Morgan fingerprint density at radius 1 is 1.19 bits per heavy atom. The van der Waals surface area contributed by atoms with E-state index < -0.39 is 15.8 Å². The van der Waals surface area contributed by atoms with Gasteiger partial charge < -0.3 is 10.4 Å². The molecule has 3 rings (SSSR count). The number of aromatic nitrogens is 1. The Labute approximate surface area is 158 Å². The van der Waals surface area contributed by atoms with Gasteiger partial charge in [0.05, 0.1) is 17.0 Å². The zero-order valence-electron chi connectivity index (χ0n) is 13.7. The third kappa shape index (κ3) is 5.02. The molecule has 0 aliphatic carbocycles. The molecular weight excluding hydrogens is 393 g/mol. The quantitative estimate of drug-likeness (QED) is 0.582. The van der Waals surface area contributed by atoms with Gasteiger partial charge in [-0.1, -0.05) is 6.07 Å². The number of nitrogens with zero attached hydrogens (tertiary/aromatic N) is 1. The monoisotopic (exact) mass is 407 g/mol. The van der Waals surface area contributed by atoms with Gasteiger partial charge in [0.25, 0.3) is 10.0 Å². The molecule has 1 amide bonds. The highest BCUT2D eigenvalue weighted by atomic mass is 32.2. The summed E-state index contributed by atoms with van der Waals surface area (Å²) in [6, 6.07) is 10.5. The van der Waals surface area contributed by atoms with E-state index in [1.807, 2.05) is 0 Å². The van der Waals surface area contributed by atoms with Crippen molar-refractivity contribution in [2.45, 2.75) is 11.3 Å². The Morgan fingerprint density at radius 3 is 2.63 bits per heavy atom. The molecule has 0 atom stereocenters. The second kappa shape index (κ2) is 7.72. The number of carbonyl (C=O) groups is 1. The number of phenolic OH excluding ortho intramolecular Hbond substituents is 1. The standard InChI is InChI=1S/C17H14FN3O4S2/c18-11-4-6-15(7-5-11)27(24,25)21-17-20-13(10-26-17)9-16(23)19-12-2-1-3-14(22)8-12/h1-8,10,22H,9H2,(H,19,23)(H,20,21). The Hall–Kier alpha value is -2.98. The van der Waals surface area contributed by atoms with Gasteiger partial charge in [-0.15, -0.1) is 11.3 Å². The van der Waals surface area contributed by atoms with E-state index in [9.17, 15) is 22.7 Å². The van der Waals surface area contributed by atoms with E-state index in [0.717, 1.165) is 35.6 Å². The number of benzene rings is 2. The van der Waals surface area contributed by atoms with E-state index in [2.05, 4.69) is 15.0 Å². The maximum absolute atomic E-state index is 12.9. The van der Waals surface area contributed by atoms with Gasteiger partial charge in [-0.3, -0.25) is 9.52 Å². The molecule has 0 saturated carbocycles. The average molecular weight is 407 g/mol. The van der Waals surface area contributed by atoms with E-state index >= 15 is 0 Å². The van der Waals surface area contributed by atoms with Crippen LogP contribution in [0.2, 0.25) is 0 Å². The van der Waals surface area contributed by atoms with Gasteiger partial charge in [0.1, 0.15) is 11.6 Å². The lowest BCUT2D eigenvalue weighted by atomic mass is 10.2. The van der Waals surface area contributed by atoms with Crippen LogP contribution in [-0.2, 0) is 21.2 Å². The van der Waals surface area contributed by atoms with Crippen LogP contribution in [0.4, 0.5) is 15.2 Å². The van der Waals surface area contributed by atoms with E-state index in [-0.39, 0.29) is 28.1 Å². The van der Waals surface area contributed by atoms with E-state index in [1.165, 1.54) is 12.1 Å². The maximum Gasteiger partial charge on any atom is 0.263 e. The summed E-state index contributed by atoms with van der Waals surface area (Å²) in [6.45, 7) is 0. The highest BCUT2D eigenvalue weighted by Gasteiger charge is 2.17. The van der Waals surface area contributed by atoms with E-state index in [1.54, 1.807) is 17.5 Å². The third-order valence-corrected chi connectivity index (χ3v) is 5.66. The number of amides is 1. The van der Waals surface area contributed by atoms with Crippen LogP contribution in [0.25, 0.3) is 0 Å². The van der Waals surface area contributed by atoms with Crippen LogP contribution in [0.15, 0.2) is 58.8 Å². The number of aromatic hydroxyl groups is 1. The number of nitrogens with one attached hydrogen (secondary N) is 2. The summed E-state index contributed by atoms with van der Waals surface area (Å²) in [5.41, 5.74) is 0.821. The van der Waals surface area contributed by atoms with Crippen molar-refractivity contribution < 1.29 is 22.7 Å². The number of hydrogen-bond donors (Lipinski definition) is 3. The first-order valence-corrected chi connectivity index (χ1v) is 10.00. The second-order valence-electron chi connectivity index (χ2n) is 5.48. The van der Waals surface area contributed by atoms with Crippen LogP contribution in [0.5, 0.6) is 5.75 Å². The van der Waals surface area contributed by atoms with Crippen molar-refractivity contribution in [2.75, 3.05) is 10.0 Å². The van der Waals surface area contributed by atoms with Gasteiger partial charge in [0, 0.05) is 17.1 Å². The number of thiazole rings is 1. The molecule has 2 aromatic carbocycles. The Kier molecular flexibility index (Phi) is 5.38. The fraction of sp³-hybridized carbons (Fsp3) is 0.0588. The number of hydrogen-bond acceptors (Lipinski definition) is 6. The fourth-order valence-corrected chi connectivity index (χ4v) is 4.14. The molecule has 1 aromatic heterocycles. The molecule has 140 valence electrons. The summed E-state index contributed by atoms with van der Waals surface area (Å²) in [5.74, 6) is -0.874. The zero-order chi connectivity index (χ0) is 19.4. The predicted molar refractivity (Wildman–Crippen MR) is 99.8 cm³/mol. The lowest BCUT2D eigenvalue weighted by molar-refractivity contribution is -0.115. The molecule has 0 fully saturated rings. The number of rotatable bonds is 6. The average Bonchev–Trinajstić information content (AvgIpc) is 3.01. The van der Waals surface area contributed by atoms with Gasteiger partial charge in [-0.25, -0.2) is 17.8 Å². The van der Waals surface area contributed by atoms with Crippen LogP contribution in [0.1, 0.15) is 5.69 Å². The van der Waals surface area contributed by atoms with E-state index in [4.69, 9.17) is 0 Å². The summed E-state index contributed by atoms with van der Waals surface area (Å²) in [7, 11) is -3.90. The minimum atomic E-state index is -3.90. The first-order valence-electron chi connectivity index (χ1n) is 7.63. The van der Waals surface area contributed by atoms with Crippen molar-refractivity contribution >= 4 is 38.1 Å². The topological polar surface area (TPSA) is 108 Å². The molecular formula is C17H14FN3O4S2. The molecule has 3 aromatic rings. The molecule has 10 heteroatoms. The lowest BCUT2D eigenvalue weighted by Gasteiger charge is -2.05. The number of carbonyl (C=O) groups excluding carboxylic acids is 1. The minimum absolute atomic E-state index is 0.0268. The smallest absolute Gasteiger partial charge is 0.263 e. The summed E-state index contributed by atoms with van der Waals surface area (Å²) >= 11 is 1.03. The minimum Gasteiger partial charge on any atom is -0.508 e. The molecule has 0 unspecified atom stereocenters. The van der Waals surface area contributed by atoms with Crippen LogP contribution in [0.3, 0.4) is 0 Å². The van der Waals surface area contributed by atoms with Crippen molar-refractivity contribution in [1.29, 1.82) is 0 Å². The van der Waals surface area contributed by atoms with Gasteiger partial charge in [-0.05, 0) is 36.4 Å². The van der Waals surface area contributed by atoms with Gasteiger partial charge in [0.15, 0.2) is 5.13 Å². The van der Waals surface area contributed by atoms with E-state index in [0.29, 0.717) is 11.4 Å². The highest BCUT2D eigenvalue weighted by molar-refractivity contribution is 7.93. The number of phenols is 1. The van der Waals surface area contributed by atoms with Crippen molar-refractivity contribution in [2.24, 2.45) is 0 Å².